The standard InChI is InChI=1S/C28H28ClN5O3/c1-36-24-13-22-23(14-25(24)37-16-18-8-10-30-11-9-18)32-17-33-28(22)20-3-5-21(6-4-20)34-27(35)12-19-2-7-26(29)31-15-19/h2-7,13-15,17-18,30H,8-12,16H2,1H3,(H,34,35). The van der Waals surface area contributed by atoms with Crippen molar-refractivity contribution in [3.05, 3.63) is 71.8 Å². The molecule has 2 aromatic carbocycles. The van der Waals surface area contributed by atoms with Crippen molar-refractivity contribution in [2.24, 2.45) is 5.92 Å². The van der Waals surface area contributed by atoms with Gasteiger partial charge in [0.25, 0.3) is 0 Å². The van der Waals surface area contributed by atoms with Crippen molar-refractivity contribution in [3.63, 3.8) is 0 Å². The maximum atomic E-state index is 12.4. The summed E-state index contributed by atoms with van der Waals surface area (Å²) in [4.78, 5) is 25.5. The summed E-state index contributed by atoms with van der Waals surface area (Å²) in [6, 6.07) is 14.9. The van der Waals surface area contributed by atoms with E-state index in [1.165, 1.54) is 0 Å². The molecule has 37 heavy (non-hydrogen) atoms. The van der Waals surface area contributed by atoms with E-state index in [1.54, 1.807) is 31.8 Å². The van der Waals surface area contributed by atoms with Gasteiger partial charge in [0, 0.05) is 28.9 Å². The summed E-state index contributed by atoms with van der Waals surface area (Å²) in [5.74, 6) is 1.74. The van der Waals surface area contributed by atoms with E-state index in [9.17, 15) is 4.79 Å². The summed E-state index contributed by atoms with van der Waals surface area (Å²) < 4.78 is 11.8. The average Bonchev–Trinajstić information content (AvgIpc) is 2.93. The Morgan fingerprint density at radius 1 is 1.05 bits per heavy atom. The third-order valence-electron chi connectivity index (χ3n) is 6.45. The van der Waals surface area contributed by atoms with E-state index in [-0.39, 0.29) is 12.3 Å². The predicted molar refractivity (Wildman–Crippen MR) is 144 cm³/mol. The number of anilines is 1. The number of nitrogens with zero attached hydrogens (tertiary/aromatic N) is 3. The summed E-state index contributed by atoms with van der Waals surface area (Å²) in [5.41, 5.74) is 3.94. The van der Waals surface area contributed by atoms with E-state index in [4.69, 9.17) is 21.1 Å². The Labute approximate surface area is 220 Å². The molecule has 0 spiro atoms. The van der Waals surface area contributed by atoms with E-state index in [0.29, 0.717) is 34.9 Å². The van der Waals surface area contributed by atoms with Crippen LogP contribution in [0.5, 0.6) is 11.5 Å². The Morgan fingerprint density at radius 3 is 2.59 bits per heavy atom. The van der Waals surface area contributed by atoms with Crippen LogP contribution in [0.15, 0.2) is 61.1 Å². The van der Waals surface area contributed by atoms with Crippen LogP contribution in [0.4, 0.5) is 5.69 Å². The molecule has 2 N–H and O–H groups in total. The minimum Gasteiger partial charge on any atom is -0.493 e. The zero-order valence-corrected chi connectivity index (χ0v) is 21.3. The number of pyridine rings is 1. The Balaban J connectivity index is 1.32. The molecule has 0 bridgehead atoms. The van der Waals surface area contributed by atoms with Crippen LogP contribution >= 0.6 is 11.6 Å². The molecule has 1 aliphatic heterocycles. The minimum absolute atomic E-state index is 0.133. The average molecular weight is 518 g/mol. The van der Waals surface area contributed by atoms with Gasteiger partial charge in [-0.25, -0.2) is 15.0 Å². The lowest BCUT2D eigenvalue weighted by molar-refractivity contribution is -0.115. The molecule has 2 aromatic heterocycles. The van der Waals surface area contributed by atoms with Gasteiger partial charge in [-0.2, -0.15) is 0 Å². The van der Waals surface area contributed by atoms with Crippen LogP contribution in [-0.2, 0) is 11.2 Å². The van der Waals surface area contributed by atoms with Crippen LogP contribution in [0.25, 0.3) is 22.2 Å². The molecular weight excluding hydrogens is 490 g/mol. The maximum Gasteiger partial charge on any atom is 0.228 e. The van der Waals surface area contributed by atoms with E-state index in [2.05, 4.69) is 25.6 Å². The van der Waals surface area contributed by atoms with Crippen LogP contribution in [0, 0.1) is 5.92 Å². The molecule has 9 heteroatoms. The number of ether oxygens (including phenoxy) is 2. The zero-order chi connectivity index (χ0) is 25.6. The number of rotatable bonds is 8. The van der Waals surface area contributed by atoms with Crippen LogP contribution < -0.4 is 20.1 Å². The van der Waals surface area contributed by atoms with Crippen molar-refractivity contribution in [3.8, 4) is 22.8 Å². The summed E-state index contributed by atoms with van der Waals surface area (Å²) in [5, 5.41) is 7.56. The van der Waals surface area contributed by atoms with Crippen LogP contribution in [0.3, 0.4) is 0 Å². The van der Waals surface area contributed by atoms with Crippen molar-refractivity contribution < 1.29 is 14.3 Å². The number of hydrogen-bond donors (Lipinski definition) is 2. The molecule has 0 aliphatic carbocycles. The Hall–Kier alpha value is -3.75. The number of nitrogens with one attached hydrogen (secondary N) is 2. The molecule has 1 amide bonds. The number of methoxy groups -OCH3 is 1. The quantitative estimate of drug-likeness (QED) is 0.320. The number of carbonyl (C=O) groups excluding carboxylic acids is 1. The van der Waals surface area contributed by atoms with E-state index in [0.717, 1.165) is 53.7 Å². The highest BCUT2D eigenvalue weighted by atomic mass is 35.5. The molecule has 8 nitrogen and oxygen atoms in total. The highest BCUT2D eigenvalue weighted by molar-refractivity contribution is 6.29. The fraction of sp³-hybridized carbons (Fsp3) is 0.286. The summed E-state index contributed by atoms with van der Waals surface area (Å²) >= 11 is 5.81. The van der Waals surface area contributed by atoms with Gasteiger partial charge in [0.15, 0.2) is 11.5 Å². The molecular formula is C28H28ClN5O3. The number of amides is 1. The predicted octanol–water partition coefficient (Wildman–Crippen LogP) is 4.91. The monoisotopic (exact) mass is 517 g/mol. The second-order valence-corrected chi connectivity index (χ2v) is 9.43. The minimum atomic E-state index is -0.133. The Bertz CT molecular complexity index is 1370. The second-order valence-electron chi connectivity index (χ2n) is 9.04. The van der Waals surface area contributed by atoms with Gasteiger partial charge in [0.1, 0.15) is 11.5 Å². The summed E-state index contributed by atoms with van der Waals surface area (Å²) in [7, 11) is 1.64. The number of hydrogen-bond acceptors (Lipinski definition) is 7. The molecule has 1 aliphatic rings. The van der Waals surface area contributed by atoms with Crippen molar-refractivity contribution in [2.45, 2.75) is 19.3 Å². The number of carbonyl (C=O) groups is 1. The fourth-order valence-electron chi connectivity index (χ4n) is 4.44. The summed E-state index contributed by atoms with van der Waals surface area (Å²) in [6.45, 7) is 2.72. The molecule has 3 heterocycles. The first kappa shape index (κ1) is 24.9. The first-order valence-corrected chi connectivity index (χ1v) is 12.6. The van der Waals surface area contributed by atoms with E-state index < -0.39 is 0 Å². The Morgan fingerprint density at radius 2 is 1.86 bits per heavy atom. The van der Waals surface area contributed by atoms with Gasteiger partial charge in [0.2, 0.25) is 5.91 Å². The molecule has 4 aromatic rings. The van der Waals surface area contributed by atoms with Crippen molar-refractivity contribution in [1.82, 2.24) is 20.3 Å². The van der Waals surface area contributed by atoms with Gasteiger partial charge in [-0.3, -0.25) is 4.79 Å². The normalized spacial score (nSPS) is 13.9. The van der Waals surface area contributed by atoms with Crippen molar-refractivity contribution in [2.75, 3.05) is 32.1 Å². The lowest BCUT2D eigenvalue weighted by Gasteiger charge is -2.23. The number of halogens is 1. The van der Waals surface area contributed by atoms with Crippen LogP contribution in [0.1, 0.15) is 18.4 Å². The first-order chi connectivity index (χ1) is 18.1. The number of aromatic nitrogens is 3. The molecule has 1 fully saturated rings. The molecule has 1 saturated heterocycles. The van der Waals surface area contributed by atoms with Crippen LogP contribution in [-0.4, -0.2) is 47.7 Å². The number of piperidine rings is 1. The van der Waals surface area contributed by atoms with Crippen molar-refractivity contribution in [1.29, 1.82) is 0 Å². The molecule has 0 atom stereocenters. The van der Waals surface area contributed by atoms with Gasteiger partial charge >= 0.3 is 0 Å². The highest BCUT2D eigenvalue weighted by Crippen LogP contribution is 2.36. The molecule has 5 rings (SSSR count). The Kier molecular flexibility index (Phi) is 7.77. The lowest BCUT2D eigenvalue weighted by Crippen LogP contribution is -2.30. The lowest BCUT2D eigenvalue weighted by atomic mass is 9.99. The summed E-state index contributed by atoms with van der Waals surface area (Å²) in [6.07, 6.45) is 5.58. The second kappa shape index (κ2) is 11.5. The first-order valence-electron chi connectivity index (χ1n) is 12.3. The van der Waals surface area contributed by atoms with Gasteiger partial charge < -0.3 is 20.1 Å². The van der Waals surface area contributed by atoms with Gasteiger partial charge in [0.05, 0.1) is 31.3 Å². The molecule has 0 saturated carbocycles. The largest absolute Gasteiger partial charge is 0.493 e. The topological polar surface area (TPSA) is 98.3 Å². The third-order valence-corrected chi connectivity index (χ3v) is 6.67. The molecule has 190 valence electrons. The SMILES string of the molecule is COc1cc2c(-c3ccc(NC(=O)Cc4ccc(Cl)nc4)cc3)ncnc2cc1OCC1CCNCC1. The molecule has 0 radical (unpaired) electrons. The van der Waals surface area contributed by atoms with Crippen LogP contribution in [0.2, 0.25) is 5.15 Å². The zero-order valence-electron chi connectivity index (χ0n) is 20.5. The number of fused-ring (bicyclic) bond motifs is 1. The van der Waals surface area contributed by atoms with Gasteiger partial charge in [-0.15, -0.1) is 0 Å². The maximum absolute atomic E-state index is 12.4. The van der Waals surface area contributed by atoms with E-state index in [1.807, 2.05) is 36.4 Å². The fourth-order valence-corrected chi connectivity index (χ4v) is 4.55. The third kappa shape index (κ3) is 6.15. The highest BCUT2D eigenvalue weighted by Gasteiger charge is 2.17. The molecule has 0 unspecified atom stereocenters. The van der Waals surface area contributed by atoms with E-state index >= 15 is 0 Å². The van der Waals surface area contributed by atoms with Gasteiger partial charge in [-0.05, 0) is 61.7 Å². The van der Waals surface area contributed by atoms with Crippen molar-refractivity contribution >= 4 is 34.1 Å². The van der Waals surface area contributed by atoms with Gasteiger partial charge in [-0.1, -0.05) is 29.8 Å². The smallest absolute Gasteiger partial charge is 0.228 e. The number of benzene rings is 2.